The molecule has 90 valence electrons. The summed E-state index contributed by atoms with van der Waals surface area (Å²) in [4.78, 5) is 12.1. The molecule has 1 atom stereocenters. The van der Waals surface area contributed by atoms with Crippen molar-refractivity contribution in [1.29, 1.82) is 0 Å². The summed E-state index contributed by atoms with van der Waals surface area (Å²) in [6.07, 6.45) is -4.24. The quantitative estimate of drug-likeness (QED) is 0.408. The summed E-state index contributed by atoms with van der Waals surface area (Å²) < 4.78 is 36.2. The van der Waals surface area contributed by atoms with Crippen molar-refractivity contribution >= 4 is 5.91 Å². The third-order valence-electron chi connectivity index (χ3n) is 1.97. The van der Waals surface area contributed by atoms with Crippen LogP contribution in [0.4, 0.5) is 13.2 Å². The van der Waals surface area contributed by atoms with Crippen LogP contribution in [0.2, 0.25) is 0 Å². The summed E-state index contributed by atoms with van der Waals surface area (Å²) >= 11 is 0. The zero-order chi connectivity index (χ0) is 12.1. The first kappa shape index (κ1) is 14.2. The van der Waals surface area contributed by atoms with Gasteiger partial charge in [-0.3, -0.25) is 15.1 Å². The van der Waals surface area contributed by atoms with Gasteiger partial charge in [-0.1, -0.05) is 13.8 Å². The molecule has 1 unspecified atom stereocenters. The summed E-state index contributed by atoms with van der Waals surface area (Å²) in [6, 6.07) is 0. The van der Waals surface area contributed by atoms with Gasteiger partial charge in [-0.2, -0.15) is 13.2 Å². The minimum Gasteiger partial charge on any atom is -0.295 e. The number of hydrogen-bond donors (Lipinski definition) is 2. The van der Waals surface area contributed by atoms with Crippen LogP contribution in [0.1, 0.15) is 13.8 Å². The zero-order valence-electron chi connectivity index (χ0n) is 8.77. The maximum atomic E-state index is 12.1. The van der Waals surface area contributed by atoms with Gasteiger partial charge < -0.3 is 0 Å². The summed E-state index contributed by atoms with van der Waals surface area (Å²) in [7, 11) is 0. The topological polar surface area (TPSA) is 58.4 Å². The number of nitrogens with one attached hydrogen (secondary N) is 1. The molecule has 0 aromatic rings. The Labute approximate surface area is 86.6 Å². The maximum Gasteiger partial charge on any atom is 0.401 e. The largest absolute Gasteiger partial charge is 0.401 e. The first-order chi connectivity index (χ1) is 6.80. The summed E-state index contributed by atoms with van der Waals surface area (Å²) in [5, 5.41) is 0. The minimum absolute atomic E-state index is 0.0407. The first-order valence-corrected chi connectivity index (χ1v) is 4.59. The van der Waals surface area contributed by atoms with E-state index < -0.39 is 24.5 Å². The van der Waals surface area contributed by atoms with Crippen LogP contribution in [-0.4, -0.2) is 36.6 Å². The molecule has 0 aromatic heterocycles. The standard InChI is InChI=1S/C8H16F3N3O/c1-3-14(5-8(9,10)11)4-6(2)7(15)13-12/h6H,3-5,12H2,1-2H3,(H,13,15). The van der Waals surface area contributed by atoms with Crippen LogP contribution in [0.5, 0.6) is 0 Å². The molecule has 7 heteroatoms. The van der Waals surface area contributed by atoms with Crippen LogP contribution in [0, 0.1) is 5.92 Å². The molecule has 0 spiro atoms. The van der Waals surface area contributed by atoms with E-state index in [-0.39, 0.29) is 13.1 Å². The average Bonchev–Trinajstić information content (AvgIpc) is 2.13. The lowest BCUT2D eigenvalue weighted by Gasteiger charge is -2.24. The summed E-state index contributed by atoms with van der Waals surface area (Å²) in [5.74, 6) is 3.86. The van der Waals surface area contributed by atoms with E-state index in [1.807, 2.05) is 5.43 Å². The van der Waals surface area contributed by atoms with Crippen molar-refractivity contribution in [1.82, 2.24) is 10.3 Å². The van der Waals surface area contributed by atoms with Crippen molar-refractivity contribution in [2.45, 2.75) is 20.0 Å². The number of hydrazine groups is 1. The Balaban J connectivity index is 4.15. The number of hydrogen-bond acceptors (Lipinski definition) is 3. The van der Waals surface area contributed by atoms with E-state index in [1.54, 1.807) is 6.92 Å². The normalized spacial score (nSPS) is 14.1. The monoisotopic (exact) mass is 227 g/mol. The van der Waals surface area contributed by atoms with Gasteiger partial charge in [-0.25, -0.2) is 5.84 Å². The van der Waals surface area contributed by atoms with Crippen molar-refractivity contribution in [3.05, 3.63) is 0 Å². The van der Waals surface area contributed by atoms with Crippen LogP contribution < -0.4 is 11.3 Å². The average molecular weight is 227 g/mol. The van der Waals surface area contributed by atoms with E-state index in [0.717, 1.165) is 4.90 Å². The number of carbonyl (C=O) groups excluding carboxylic acids is 1. The Kier molecular flexibility index (Phi) is 5.59. The van der Waals surface area contributed by atoms with E-state index in [4.69, 9.17) is 5.84 Å². The van der Waals surface area contributed by atoms with Crippen LogP contribution in [0.15, 0.2) is 0 Å². The van der Waals surface area contributed by atoms with Crippen molar-refractivity contribution in [3.63, 3.8) is 0 Å². The summed E-state index contributed by atoms with van der Waals surface area (Å²) in [5.41, 5.74) is 1.91. The second-order valence-corrected chi connectivity index (χ2v) is 3.35. The van der Waals surface area contributed by atoms with Gasteiger partial charge in [0.2, 0.25) is 5.91 Å². The first-order valence-electron chi connectivity index (χ1n) is 4.59. The molecule has 0 rings (SSSR count). The molecule has 15 heavy (non-hydrogen) atoms. The molecule has 3 N–H and O–H groups in total. The third-order valence-corrected chi connectivity index (χ3v) is 1.97. The number of amides is 1. The lowest BCUT2D eigenvalue weighted by atomic mass is 10.1. The fourth-order valence-electron chi connectivity index (χ4n) is 1.17. The molecule has 0 aliphatic rings. The lowest BCUT2D eigenvalue weighted by Crippen LogP contribution is -2.43. The highest BCUT2D eigenvalue weighted by Crippen LogP contribution is 2.17. The van der Waals surface area contributed by atoms with E-state index in [9.17, 15) is 18.0 Å². The van der Waals surface area contributed by atoms with Crippen LogP contribution in [0.25, 0.3) is 0 Å². The number of nitrogens with zero attached hydrogens (tertiary/aromatic N) is 1. The molecule has 4 nitrogen and oxygen atoms in total. The van der Waals surface area contributed by atoms with Gasteiger partial charge >= 0.3 is 6.18 Å². The predicted octanol–water partition coefficient (Wildman–Crippen LogP) is 0.497. The van der Waals surface area contributed by atoms with Crippen LogP contribution in [-0.2, 0) is 4.79 Å². The van der Waals surface area contributed by atoms with Gasteiger partial charge in [0.05, 0.1) is 6.54 Å². The lowest BCUT2D eigenvalue weighted by molar-refractivity contribution is -0.148. The molecule has 0 aliphatic heterocycles. The Morgan fingerprint density at radius 1 is 1.53 bits per heavy atom. The molecule has 0 fully saturated rings. The Morgan fingerprint density at radius 2 is 2.07 bits per heavy atom. The number of alkyl halides is 3. The molecule has 1 amide bonds. The Morgan fingerprint density at radius 3 is 2.40 bits per heavy atom. The van der Waals surface area contributed by atoms with E-state index in [1.165, 1.54) is 6.92 Å². The molecule has 0 aliphatic carbocycles. The number of rotatable bonds is 5. The molecular formula is C8H16F3N3O. The Hall–Kier alpha value is -0.820. The number of nitrogens with two attached hydrogens (primary N) is 1. The van der Waals surface area contributed by atoms with Crippen LogP contribution >= 0.6 is 0 Å². The predicted molar refractivity (Wildman–Crippen MR) is 49.7 cm³/mol. The molecular weight excluding hydrogens is 211 g/mol. The number of halogens is 3. The maximum absolute atomic E-state index is 12.1. The zero-order valence-corrected chi connectivity index (χ0v) is 8.77. The van der Waals surface area contributed by atoms with Crippen molar-refractivity contribution < 1.29 is 18.0 Å². The molecule has 0 radical (unpaired) electrons. The smallest absolute Gasteiger partial charge is 0.295 e. The molecule has 0 saturated heterocycles. The second kappa shape index (κ2) is 5.92. The highest BCUT2D eigenvalue weighted by Gasteiger charge is 2.31. The summed E-state index contributed by atoms with van der Waals surface area (Å²) in [6.45, 7) is 2.41. The van der Waals surface area contributed by atoms with Gasteiger partial charge in [0.1, 0.15) is 0 Å². The van der Waals surface area contributed by atoms with E-state index in [2.05, 4.69) is 0 Å². The fraction of sp³-hybridized carbons (Fsp3) is 0.875. The van der Waals surface area contributed by atoms with Crippen molar-refractivity contribution in [3.8, 4) is 0 Å². The van der Waals surface area contributed by atoms with Gasteiger partial charge in [0.15, 0.2) is 0 Å². The SMILES string of the molecule is CCN(CC(C)C(=O)NN)CC(F)(F)F. The molecule has 0 heterocycles. The second-order valence-electron chi connectivity index (χ2n) is 3.35. The van der Waals surface area contributed by atoms with Gasteiger partial charge in [-0.15, -0.1) is 0 Å². The van der Waals surface area contributed by atoms with Gasteiger partial charge in [0, 0.05) is 12.5 Å². The van der Waals surface area contributed by atoms with E-state index in [0.29, 0.717) is 0 Å². The van der Waals surface area contributed by atoms with E-state index >= 15 is 0 Å². The Bertz CT molecular complexity index is 208. The van der Waals surface area contributed by atoms with Crippen molar-refractivity contribution in [2.24, 2.45) is 11.8 Å². The highest BCUT2D eigenvalue weighted by atomic mass is 19.4. The minimum atomic E-state index is -4.24. The molecule has 0 saturated carbocycles. The molecule has 0 aromatic carbocycles. The fourth-order valence-corrected chi connectivity index (χ4v) is 1.17. The van der Waals surface area contributed by atoms with Crippen LogP contribution in [0.3, 0.4) is 0 Å². The van der Waals surface area contributed by atoms with Gasteiger partial charge in [-0.05, 0) is 6.54 Å². The third kappa shape index (κ3) is 6.29. The van der Waals surface area contributed by atoms with Crippen molar-refractivity contribution in [2.75, 3.05) is 19.6 Å². The van der Waals surface area contributed by atoms with Gasteiger partial charge in [0.25, 0.3) is 0 Å². The highest BCUT2D eigenvalue weighted by molar-refractivity contribution is 5.77. The molecule has 0 bridgehead atoms. The number of carbonyl (C=O) groups is 1.